The number of benzene rings is 1. The van der Waals surface area contributed by atoms with E-state index in [1.807, 2.05) is 45.0 Å². The number of Topliss-reactive ketones (excluding diaryl/α,β-unsaturated/α-hetero) is 2. The van der Waals surface area contributed by atoms with E-state index < -0.39 is 71.3 Å². The third-order valence-corrected chi connectivity index (χ3v) is 10.2. The topological polar surface area (TPSA) is 183 Å². The highest BCUT2D eigenvalue weighted by molar-refractivity contribution is 6.38. The molecule has 296 valence electrons. The maximum absolute atomic E-state index is 14.5. The molecule has 54 heavy (non-hydrogen) atoms. The Labute approximate surface area is 318 Å². The van der Waals surface area contributed by atoms with E-state index in [0.29, 0.717) is 32.4 Å². The first-order valence-corrected chi connectivity index (χ1v) is 19.2. The number of nitrogens with zero attached hydrogens (tertiary/aromatic N) is 2. The number of rotatable bonds is 16. The van der Waals surface area contributed by atoms with Gasteiger partial charge in [0.05, 0.1) is 18.6 Å². The number of amides is 6. The van der Waals surface area contributed by atoms with Crippen molar-refractivity contribution in [3.8, 4) is 0 Å². The molecule has 1 aromatic carbocycles. The predicted octanol–water partition coefficient (Wildman–Crippen LogP) is 3.41. The normalized spacial score (nSPS) is 19.8. The summed E-state index contributed by atoms with van der Waals surface area (Å²) in [7, 11) is 0. The van der Waals surface area contributed by atoms with Crippen molar-refractivity contribution in [3.63, 3.8) is 0 Å². The summed E-state index contributed by atoms with van der Waals surface area (Å²) in [6, 6.07) is 2.91. The minimum absolute atomic E-state index is 0.0396. The molecule has 4 N–H and O–H groups in total. The molecule has 1 unspecified atom stereocenters. The van der Waals surface area contributed by atoms with E-state index in [4.69, 9.17) is 4.74 Å². The zero-order chi connectivity index (χ0) is 39.7. The van der Waals surface area contributed by atoms with E-state index in [1.54, 1.807) is 25.7 Å². The van der Waals surface area contributed by atoms with Crippen LogP contribution in [0.4, 0.5) is 9.59 Å². The summed E-state index contributed by atoms with van der Waals surface area (Å²) in [5, 5.41) is 10.7. The van der Waals surface area contributed by atoms with Crippen LogP contribution in [0.15, 0.2) is 36.9 Å². The van der Waals surface area contributed by atoms with Crippen LogP contribution in [0.3, 0.4) is 0 Å². The molecule has 0 spiro atoms. The van der Waals surface area contributed by atoms with Crippen LogP contribution in [0.1, 0.15) is 91.2 Å². The number of nitrogens with one attached hydrogen (secondary N) is 4. The number of carbonyl (C=O) groups excluding carboxylic acids is 7. The summed E-state index contributed by atoms with van der Waals surface area (Å²) in [4.78, 5) is 97.2. The lowest BCUT2D eigenvalue weighted by Crippen LogP contribution is -2.61. The van der Waals surface area contributed by atoms with E-state index in [0.717, 1.165) is 24.0 Å². The highest BCUT2D eigenvalue weighted by Crippen LogP contribution is 2.32. The van der Waals surface area contributed by atoms with E-state index in [1.165, 1.54) is 11.0 Å². The van der Waals surface area contributed by atoms with Gasteiger partial charge in [-0.15, -0.1) is 6.58 Å². The molecule has 2 fully saturated rings. The summed E-state index contributed by atoms with van der Waals surface area (Å²) in [5.74, 6) is -3.28. The largest absolute Gasteiger partial charge is 0.444 e. The Balaban J connectivity index is 1.57. The summed E-state index contributed by atoms with van der Waals surface area (Å²) < 4.78 is 5.94. The van der Waals surface area contributed by atoms with Crippen LogP contribution >= 0.6 is 0 Å². The van der Waals surface area contributed by atoms with Gasteiger partial charge in [-0.3, -0.25) is 24.0 Å². The van der Waals surface area contributed by atoms with Crippen LogP contribution < -0.4 is 21.3 Å². The Bertz CT molecular complexity index is 1580. The molecule has 1 saturated heterocycles. The first-order chi connectivity index (χ1) is 25.5. The number of hydrogen-bond acceptors (Lipinski definition) is 8. The molecule has 1 aromatic rings. The quantitative estimate of drug-likeness (QED) is 0.146. The number of ketones is 2. The SMILES string of the molecule is C=CCNC(=O)C(=O)C(CCCC)NC(=O)[C@@H]1C[C@@H](OC(=O)N2CCc3ccccc3C2)CN1C(=O)[C@@H](NC(=O)N[C@H](C(=O)C1CC1)C(C)C)C(C)(C)C. The monoisotopic (exact) mass is 750 g/mol. The molecule has 14 nitrogen and oxygen atoms in total. The third-order valence-electron chi connectivity index (χ3n) is 10.2. The van der Waals surface area contributed by atoms with E-state index >= 15 is 0 Å². The second kappa shape index (κ2) is 18.5. The average molecular weight is 751 g/mol. The van der Waals surface area contributed by atoms with E-state index in [2.05, 4.69) is 27.8 Å². The molecular weight excluding hydrogens is 692 g/mol. The highest BCUT2D eigenvalue weighted by atomic mass is 16.6. The fourth-order valence-corrected chi connectivity index (χ4v) is 6.92. The Hall–Kier alpha value is -4.75. The Morgan fingerprint density at radius 2 is 1.69 bits per heavy atom. The minimum atomic E-state index is -1.19. The second-order valence-electron chi connectivity index (χ2n) is 16.1. The molecule has 0 radical (unpaired) electrons. The molecule has 2 aliphatic heterocycles. The van der Waals surface area contributed by atoms with Crippen molar-refractivity contribution < 1.29 is 38.3 Å². The van der Waals surface area contributed by atoms with Gasteiger partial charge in [-0.1, -0.05) is 84.7 Å². The summed E-state index contributed by atoms with van der Waals surface area (Å²) in [6.07, 6.45) is 3.57. The van der Waals surface area contributed by atoms with Gasteiger partial charge in [-0.2, -0.15) is 0 Å². The molecule has 6 amide bonds. The molecule has 1 aliphatic carbocycles. The van der Waals surface area contributed by atoms with Crippen molar-refractivity contribution in [2.75, 3.05) is 19.6 Å². The van der Waals surface area contributed by atoms with Crippen molar-refractivity contribution in [3.05, 3.63) is 48.0 Å². The molecule has 3 aliphatic rings. The van der Waals surface area contributed by atoms with Crippen molar-refractivity contribution in [2.24, 2.45) is 17.3 Å². The van der Waals surface area contributed by atoms with Gasteiger partial charge < -0.3 is 35.8 Å². The van der Waals surface area contributed by atoms with Gasteiger partial charge in [-0.05, 0) is 48.1 Å². The van der Waals surface area contributed by atoms with Crippen LogP contribution in [0, 0.1) is 17.3 Å². The first-order valence-electron chi connectivity index (χ1n) is 19.2. The van der Waals surface area contributed by atoms with Gasteiger partial charge in [0.15, 0.2) is 5.78 Å². The van der Waals surface area contributed by atoms with Crippen LogP contribution in [0.5, 0.6) is 0 Å². The number of fused-ring (bicyclic) bond motifs is 1. The molecule has 0 aromatic heterocycles. The fraction of sp³-hybridized carbons (Fsp3) is 0.625. The van der Waals surface area contributed by atoms with E-state index in [9.17, 15) is 33.6 Å². The van der Waals surface area contributed by atoms with Crippen molar-refractivity contribution >= 4 is 41.4 Å². The van der Waals surface area contributed by atoms with Gasteiger partial charge in [0.25, 0.3) is 5.91 Å². The smallest absolute Gasteiger partial charge is 0.410 e. The van der Waals surface area contributed by atoms with Gasteiger partial charge in [-0.25, -0.2) is 9.59 Å². The van der Waals surface area contributed by atoms with Crippen LogP contribution in [0.2, 0.25) is 0 Å². The minimum Gasteiger partial charge on any atom is -0.444 e. The summed E-state index contributed by atoms with van der Waals surface area (Å²) in [5.41, 5.74) is 1.31. The molecule has 14 heteroatoms. The van der Waals surface area contributed by atoms with Crippen molar-refractivity contribution in [1.29, 1.82) is 0 Å². The highest BCUT2D eigenvalue weighted by Gasteiger charge is 2.47. The summed E-state index contributed by atoms with van der Waals surface area (Å²) >= 11 is 0. The molecule has 5 atom stereocenters. The number of hydrogen-bond donors (Lipinski definition) is 4. The maximum Gasteiger partial charge on any atom is 0.410 e. The van der Waals surface area contributed by atoms with Gasteiger partial charge >= 0.3 is 12.1 Å². The van der Waals surface area contributed by atoms with Crippen molar-refractivity contribution in [2.45, 2.75) is 123 Å². The number of ether oxygens (including phenoxy) is 1. The lowest BCUT2D eigenvalue weighted by atomic mass is 9.85. The Kier molecular flexibility index (Phi) is 14.4. The summed E-state index contributed by atoms with van der Waals surface area (Å²) in [6.45, 7) is 15.2. The molecule has 0 bridgehead atoms. The van der Waals surface area contributed by atoms with Crippen LogP contribution in [-0.2, 0) is 41.7 Å². The predicted molar refractivity (Wildman–Crippen MR) is 202 cm³/mol. The number of carbonyl (C=O) groups is 7. The lowest BCUT2D eigenvalue weighted by Gasteiger charge is -2.36. The number of likely N-dealkylation sites (tertiary alicyclic amines) is 1. The molecule has 4 rings (SSSR count). The standard InChI is InChI=1S/C40H58N6O8/c1-8-10-15-29(33(48)36(50)41-19-9-2)42-35(49)30-21-28(54-39(53)45-20-18-25-13-11-12-14-27(25)22-45)23-46(30)37(51)34(40(5,6)7)44-38(52)43-31(24(3)4)32(47)26-16-17-26/h9,11-14,24,26,28-31,34H,2,8,10,15-23H2,1,3-7H3,(H,41,50)(H,42,49)(H2,43,44,52)/t28-,29?,30+,31+,34-/m1/s1. The molecular formula is C40H58N6O8. The zero-order valence-electron chi connectivity index (χ0n) is 32.6. The van der Waals surface area contributed by atoms with Gasteiger partial charge in [0.2, 0.25) is 17.6 Å². The second-order valence-corrected chi connectivity index (χ2v) is 16.1. The number of unbranched alkanes of at least 4 members (excludes halogenated alkanes) is 1. The first kappa shape index (κ1) is 42.0. The van der Waals surface area contributed by atoms with E-state index in [-0.39, 0.29) is 43.6 Å². The zero-order valence-corrected chi connectivity index (χ0v) is 32.6. The maximum atomic E-state index is 14.5. The average Bonchev–Trinajstić information content (AvgIpc) is 3.91. The van der Waals surface area contributed by atoms with Gasteiger partial charge in [0.1, 0.15) is 18.2 Å². The van der Waals surface area contributed by atoms with Gasteiger partial charge in [0, 0.05) is 32.0 Å². The third kappa shape index (κ3) is 10.9. The molecule has 2 heterocycles. The number of urea groups is 1. The van der Waals surface area contributed by atoms with Crippen LogP contribution in [-0.4, -0.2) is 101 Å². The van der Waals surface area contributed by atoms with Crippen molar-refractivity contribution in [1.82, 2.24) is 31.1 Å². The van der Waals surface area contributed by atoms with Crippen LogP contribution in [0.25, 0.3) is 0 Å². The fourth-order valence-electron chi connectivity index (χ4n) is 6.92. The Morgan fingerprint density at radius 3 is 2.30 bits per heavy atom. The Morgan fingerprint density at radius 1 is 1.00 bits per heavy atom. The molecule has 1 saturated carbocycles. The lowest BCUT2D eigenvalue weighted by molar-refractivity contribution is -0.143.